The van der Waals surface area contributed by atoms with Gasteiger partial charge in [0.15, 0.2) is 6.10 Å². The summed E-state index contributed by atoms with van der Waals surface area (Å²) in [5.74, 6) is 0.819. The first-order chi connectivity index (χ1) is 12.4. The first-order valence-corrected chi connectivity index (χ1v) is 9.71. The predicted molar refractivity (Wildman–Crippen MR) is 102 cm³/mol. The molecule has 0 bridgehead atoms. The molecule has 3 fully saturated rings. The van der Waals surface area contributed by atoms with Crippen LogP contribution in [-0.4, -0.2) is 49.8 Å². The Morgan fingerprint density at radius 1 is 0.962 bits per heavy atom. The van der Waals surface area contributed by atoms with E-state index in [9.17, 15) is 0 Å². The molecule has 3 saturated heterocycles. The lowest BCUT2D eigenvalue weighted by Gasteiger charge is -2.32. The van der Waals surface area contributed by atoms with Gasteiger partial charge in [-0.25, -0.2) is 0 Å². The Balaban J connectivity index is 0.000000948. The van der Waals surface area contributed by atoms with Gasteiger partial charge in [-0.05, 0) is 51.7 Å². The molecule has 144 valence electrons. The highest BCUT2D eigenvalue weighted by molar-refractivity contribution is 6.62. The zero-order valence-electron chi connectivity index (χ0n) is 16.8. The molecule has 1 aromatic carbocycles. The van der Waals surface area contributed by atoms with Crippen LogP contribution in [0.1, 0.15) is 48.0 Å². The fraction of sp³-hybridized carbons (Fsp3) is 0.700. The van der Waals surface area contributed by atoms with Crippen LogP contribution in [0.5, 0.6) is 5.75 Å². The van der Waals surface area contributed by atoms with E-state index < -0.39 is 0 Å². The molecule has 3 atom stereocenters. The quantitative estimate of drug-likeness (QED) is 0.774. The normalized spacial score (nSPS) is 31.3. The molecule has 0 N–H and O–H groups in total. The number of ether oxygens (including phenoxy) is 3. The lowest BCUT2D eigenvalue weighted by Crippen LogP contribution is -2.41. The molecular weight excluding hydrogens is 331 g/mol. The molecule has 0 radical (unpaired) electrons. The van der Waals surface area contributed by atoms with Gasteiger partial charge in [0, 0.05) is 6.61 Å². The zero-order valence-corrected chi connectivity index (χ0v) is 16.8. The van der Waals surface area contributed by atoms with Crippen LogP contribution in [-0.2, 0) is 18.8 Å². The number of hydrogen-bond donors (Lipinski definition) is 0. The van der Waals surface area contributed by atoms with Gasteiger partial charge in [0.05, 0.1) is 23.9 Å². The smallest absolute Gasteiger partial charge is 0.485 e. The fourth-order valence-electron chi connectivity index (χ4n) is 3.39. The third-order valence-electron chi connectivity index (χ3n) is 5.61. The number of fused-ring (bicyclic) bond motifs is 1. The highest BCUT2D eigenvalue weighted by atomic mass is 16.7. The molecule has 0 saturated carbocycles. The molecule has 0 aromatic heterocycles. The van der Waals surface area contributed by atoms with Gasteiger partial charge in [0.25, 0.3) is 0 Å². The summed E-state index contributed by atoms with van der Waals surface area (Å²) in [5.41, 5.74) is 0.338. The Morgan fingerprint density at radius 2 is 1.58 bits per heavy atom. The topological polar surface area (TPSA) is 46.2 Å². The van der Waals surface area contributed by atoms with Crippen LogP contribution >= 0.6 is 0 Å². The van der Waals surface area contributed by atoms with E-state index in [0.717, 1.165) is 24.2 Å². The molecule has 3 aliphatic heterocycles. The van der Waals surface area contributed by atoms with Gasteiger partial charge in [-0.3, -0.25) is 0 Å². The molecule has 0 amide bonds. The van der Waals surface area contributed by atoms with Crippen molar-refractivity contribution < 1.29 is 23.5 Å². The van der Waals surface area contributed by atoms with Crippen molar-refractivity contribution in [2.45, 2.75) is 77.5 Å². The van der Waals surface area contributed by atoms with Crippen molar-refractivity contribution in [2.24, 2.45) is 0 Å². The van der Waals surface area contributed by atoms with Crippen LogP contribution in [0, 0.1) is 0 Å². The van der Waals surface area contributed by atoms with Crippen molar-refractivity contribution in [2.75, 3.05) is 13.2 Å². The molecule has 4 rings (SSSR count). The summed E-state index contributed by atoms with van der Waals surface area (Å²) in [5, 5.41) is 0. The van der Waals surface area contributed by atoms with Crippen LogP contribution in [0.25, 0.3) is 0 Å². The third kappa shape index (κ3) is 3.65. The Labute approximate surface area is 157 Å². The van der Waals surface area contributed by atoms with Crippen LogP contribution in [0.2, 0.25) is 0 Å². The highest BCUT2D eigenvalue weighted by Crippen LogP contribution is 2.36. The summed E-state index contributed by atoms with van der Waals surface area (Å²) >= 11 is 0. The monoisotopic (exact) mass is 362 g/mol. The molecule has 6 heteroatoms. The minimum Gasteiger partial charge on any atom is -0.485 e. The summed E-state index contributed by atoms with van der Waals surface area (Å²) < 4.78 is 29.7. The minimum absolute atomic E-state index is 0.0276. The molecule has 26 heavy (non-hydrogen) atoms. The van der Waals surface area contributed by atoms with E-state index in [1.807, 2.05) is 38.1 Å². The second-order valence-corrected chi connectivity index (χ2v) is 7.81. The lowest BCUT2D eigenvalue weighted by atomic mass is 9.79. The Kier molecular flexibility index (Phi) is 5.68. The minimum atomic E-state index is -0.346. The molecule has 2 unspecified atom stereocenters. The van der Waals surface area contributed by atoms with Crippen molar-refractivity contribution >= 4 is 12.6 Å². The average Bonchev–Trinajstić information content (AvgIpc) is 3.26. The van der Waals surface area contributed by atoms with E-state index in [1.54, 1.807) is 0 Å². The van der Waals surface area contributed by atoms with Gasteiger partial charge in [0.2, 0.25) is 0 Å². The predicted octanol–water partition coefficient (Wildman–Crippen LogP) is 2.95. The van der Waals surface area contributed by atoms with Crippen molar-refractivity contribution in [1.29, 1.82) is 0 Å². The average molecular weight is 362 g/mol. The maximum atomic E-state index is 6.08. The van der Waals surface area contributed by atoms with E-state index in [0.29, 0.717) is 6.61 Å². The summed E-state index contributed by atoms with van der Waals surface area (Å²) in [6.45, 7) is 13.6. The van der Waals surface area contributed by atoms with Crippen LogP contribution in [0.3, 0.4) is 0 Å². The Bertz CT molecular complexity index is 585. The fourth-order valence-corrected chi connectivity index (χ4v) is 3.39. The van der Waals surface area contributed by atoms with Gasteiger partial charge in [-0.15, -0.1) is 0 Å². The summed E-state index contributed by atoms with van der Waals surface area (Å²) in [4.78, 5) is 0. The van der Waals surface area contributed by atoms with Gasteiger partial charge >= 0.3 is 7.12 Å². The van der Waals surface area contributed by atoms with E-state index in [-0.39, 0.29) is 36.6 Å². The standard InChI is InChI=1S/C18H25BO5.C2H6/c1-17(2)18(3,4)24-19(23-17)12-5-7-13(8-6-12)22-15-11-21-14-9-10-20-16(14)15;1-2/h5-8,14-16H,9-11H2,1-4H3;1-2H3/t14-,15?,16?;/m0./s1. The van der Waals surface area contributed by atoms with E-state index in [1.165, 1.54) is 0 Å². The number of rotatable bonds is 3. The first kappa shape index (κ1) is 19.7. The maximum absolute atomic E-state index is 6.08. The Hall–Kier alpha value is -1.08. The van der Waals surface area contributed by atoms with E-state index >= 15 is 0 Å². The zero-order chi connectivity index (χ0) is 18.9. The first-order valence-electron chi connectivity index (χ1n) is 9.71. The largest absolute Gasteiger partial charge is 0.494 e. The summed E-state index contributed by atoms with van der Waals surface area (Å²) in [6.07, 6.45) is 1.19. The van der Waals surface area contributed by atoms with Crippen molar-refractivity contribution in [3.63, 3.8) is 0 Å². The van der Waals surface area contributed by atoms with Gasteiger partial charge in [0.1, 0.15) is 11.9 Å². The number of hydrogen-bond acceptors (Lipinski definition) is 5. The van der Waals surface area contributed by atoms with Crippen LogP contribution < -0.4 is 10.2 Å². The SMILES string of the molecule is CC.CC1(C)OB(c2ccc(OC3CO[C@H]4CCOC34)cc2)OC1(C)C. The molecule has 3 aliphatic rings. The Morgan fingerprint density at radius 3 is 2.19 bits per heavy atom. The maximum Gasteiger partial charge on any atom is 0.494 e. The van der Waals surface area contributed by atoms with Gasteiger partial charge in [-0.1, -0.05) is 26.0 Å². The molecule has 3 heterocycles. The second kappa shape index (κ2) is 7.51. The molecule has 5 nitrogen and oxygen atoms in total. The molecule has 0 spiro atoms. The van der Waals surface area contributed by atoms with E-state index in [4.69, 9.17) is 23.5 Å². The highest BCUT2D eigenvalue weighted by Gasteiger charge is 2.51. The molecule has 0 aliphatic carbocycles. The molecule has 1 aromatic rings. The van der Waals surface area contributed by atoms with Gasteiger partial charge in [-0.2, -0.15) is 0 Å². The van der Waals surface area contributed by atoms with Crippen molar-refractivity contribution in [3.05, 3.63) is 24.3 Å². The lowest BCUT2D eigenvalue weighted by molar-refractivity contribution is 0.00578. The van der Waals surface area contributed by atoms with Crippen molar-refractivity contribution in [3.8, 4) is 5.75 Å². The number of benzene rings is 1. The molecular formula is C20H31BO5. The summed E-state index contributed by atoms with van der Waals surface area (Å²) in [7, 11) is -0.346. The van der Waals surface area contributed by atoms with Crippen LogP contribution in [0.15, 0.2) is 24.3 Å². The third-order valence-corrected chi connectivity index (χ3v) is 5.61. The van der Waals surface area contributed by atoms with Crippen LogP contribution in [0.4, 0.5) is 0 Å². The second-order valence-electron chi connectivity index (χ2n) is 7.81. The van der Waals surface area contributed by atoms with E-state index in [2.05, 4.69) is 27.7 Å². The van der Waals surface area contributed by atoms with Gasteiger partial charge < -0.3 is 23.5 Å². The summed E-state index contributed by atoms with van der Waals surface area (Å²) in [6, 6.07) is 7.92. The van der Waals surface area contributed by atoms with Crippen molar-refractivity contribution in [1.82, 2.24) is 0 Å².